The standard InChI is InChI=1S/C14H15N5O3/c1-8(20)22-6-9-4-10(5-9)19-7-16-11-12(19)17-14-15-2-3-18(14)13(11)21/h2-3,7,9-10H,4-6H2,1H3,(H,15,17). The molecule has 0 bridgehead atoms. The highest BCUT2D eigenvalue weighted by Crippen LogP contribution is 2.38. The number of ether oxygens (including phenoxy) is 1. The molecule has 0 spiro atoms. The zero-order valence-corrected chi connectivity index (χ0v) is 12.0. The fraction of sp³-hybridized carbons (Fsp3) is 0.429. The first-order chi connectivity index (χ1) is 10.6. The summed E-state index contributed by atoms with van der Waals surface area (Å²) in [6, 6.07) is 0.263. The van der Waals surface area contributed by atoms with E-state index in [-0.39, 0.29) is 17.6 Å². The van der Waals surface area contributed by atoms with Gasteiger partial charge < -0.3 is 14.3 Å². The van der Waals surface area contributed by atoms with Crippen molar-refractivity contribution >= 4 is 22.9 Å². The summed E-state index contributed by atoms with van der Waals surface area (Å²) in [5.41, 5.74) is 0.935. The van der Waals surface area contributed by atoms with Gasteiger partial charge in [-0.15, -0.1) is 0 Å². The topological polar surface area (TPSA) is 94.3 Å². The van der Waals surface area contributed by atoms with Crippen molar-refractivity contribution in [2.45, 2.75) is 25.8 Å². The van der Waals surface area contributed by atoms with E-state index in [9.17, 15) is 9.59 Å². The number of nitrogens with zero attached hydrogens (tertiary/aromatic N) is 4. The number of fused-ring (bicyclic) bond motifs is 2. The SMILES string of the molecule is CC(=O)OCC1CC(n2cnc3c(=O)n4ccnc4[nH]c32)C1. The molecule has 1 aliphatic rings. The van der Waals surface area contributed by atoms with Crippen molar-refractivity contribution in [2.24, 2.45) is 5.92 Å². The van der Waals surface area contributed by atoms with Gasteiger partial charge in [0.1, 0.15) is 5.65 Å². The third-order valence-corrected chi connectivity index (χ3v) is 4.21. The summed E-state index contributed by atoms with van der Waals surface area (Å²) in [5.74, 6) is 0.630. The monoisotopic (exact) mass is 301 g/mol. The summed E-state index contributed by atoms with van der Waals surface area (Å²) in [5, 5.41) is 0. The van der Waals surface area contributed by atoms with E-state index in [1.165, 1.54) is 11.3 Å². The Balaban J connectivity index is 1.62. The molecule has 0 radical (unpaired) electrons. The van der Waals surface area contributed by atoms with Gasteiger partial charge in [0.05, 0.1) is 12.9 Å². The van der Waals surface area contributed by atoms with Crippen LogP contribution in [0.2, 0.25) is 0 Å². The lowest BCUT2D eigenvalue weighted by molar-refractivity contribution is -0.143. The van der Waals surface area contributed by atoms with Gasteiger partial charge in [0.2, 0.25) is 5.78 Å². The van der Waals surface area contributed by atoms with Gasteiger partial charge in [-0.05, 0) is 18.8 Å². The van der Waals surface area contributed by atoms with Gasteiger partial charge in [-0.3, -0.25) is 9.59 Å². The lowest BCUT2D eigenvalue weighted by Crippen LogP contribution is -2.30. The van der Waals surface area contributed by atoms with Crippen molar-refractivity contribution in [1.29, 1.82) is 0 Å². The Bertz CT molecular complexity index is 915. The molecule has 0 atom stereocenters. The molecule has 1 N–H and O–H groups in total. The summed E-state index contributed by atoms with van der Waals surface area (Å²) < 4.78 is 8.46. The van der Waals surface area contributed by atoms with Crippen LogP contribution in [0.1, 0.15) is 25.8 Å². The molecular formula is C14H15N5O3. The van der Waals surface area contributed by atoms with Gasteiger partial charge in [-0.1, -0.05) is 0 Å². The van der Waals surface area contributed by atoms with Crippen LogP contribution in [0.15, 0.2) is 23.5 Å². The van der Waals surface area contributed by atoms with E-state index >= 15 is 0 Å². The summed E-state index contributed by atoms with van der Waals surface area (Å²) in [6.45, 7) is 1.87. The minimum atomic E-state index is -0.248. The number of hydrogen-bond acceptors (Lipinski definition) is 5. The molecule has 3 aromatic rings. The first-order valence-electron chi connectivity index (χ1n) is 7.18. The van der Waals surface area contributed by atoms with Gasteiger partial charge in [0, 0.05) is 25.4 Å². The second-order valence-corrected chi connectivity index (χ2v) is 5.69. The van der Waals surface area contributed by atoms with Crippen LogP contribution in [-0.4, -0.2) is 36.5 Å². The van der Waals surface area contributed by atoms with E-state index in [4.69, 9.17) is 4.74 Å². The number of H-pyrrole nitrogens is 1. The van der Waals surface area contributed by atoms with Crippen molar-refractivity contribution in [2.75, 3.05) is 6.61 Å². The van der Waals surface area contributed by atoms with Crippen molar-refractivity contribution in [1.82, 2.24) is 23.9 Å². The van der Waals surface area contributed by atoms with Crippen LogP contribution in [0.3, 0.4) is 0 Å². The Labute approximate surface area is 124 Å². The molecule has 1 saturated carbocycles. The van der Waals surface area contributed by atoms with Crippen LogP contribution in [0.4, 0.5) is 0 Å². The minimum absolute atomic E-state index is 0.171. The average molecular weight is 301 g/mol. The van der Waals surface area contributed by atoms with Crippen LogP contribution in [0.25, 0.3) is 16.9 Å². The number of nitrogens with one attached hydrogen (secondary N) is 1. The van der Waals surface area contributed by atoms with Crippen LogP contribution in [-0.2, 0) is 9.53 Å². The molecule has 8 heteroatoms. The summed E-state index contributed by atoms with van der Waals surface area (Å²) in [4.78, 5) is 34.6. The van der Waals surface area contributed by atoms with E-state index < -0.39 is 0 Å². The first kappa shape index (κ1) is 13.1. The highest BCUT2D eigenvalue weighted by atomic mass is 16.5. The lowest BCUT2D eigenvalue weighted by Gasteiger charge is -2.35. The second kappa shape index (κ2) is 4.69. The van der Waals surface area contributed by atoms with E-state index in [1.807, 2.05) is 4.57 Å². The first-order valence-corrected chi connectivity index (χ1v) is 7.18. The molecule has 8 nitrogen and oxygen atoms in total. The third-order valence-electron chi connectivity index (χ3n) is 4.21. The van der Waals surface area contributed by atoms with E-state index in [0.717, 1.165) is 12.8 Å². The molecule has 0 aromatic carbocycles. The van der Waals surface area contributed by atoms with Crippen LogP contribution >= 0.6 is 0 Å². The molecule has 22 heavy (non-hydrogen) atoms. The fourth-order valence-electron chi connectivity index (χ4n) is 3.00. The number of carbonyl (C=O) groups is 1. The number of hydrogen-bond donors (Lipinski definition) is 1. The van der Waals surface area contributed by atoms with E-state index in [2.05, 4.69) is 15.0 Å². The van der Waals surface area contributed by atoms with Crippen molar-refractivity contribution in [3.8, 4) is 0 Å². The molecule has 3 heterocycles. The largest absolute Gasteiger partial charge is 0.466 e. The highest BCUT2D eigenvalue weighted by molar-refractivity contribution is 5.71. The van der Waals surface area contributed by atoms with Gasteiger partial charge in [-0.25, -0.2) is 14.4 Å². The van der Waals surface area contributed by atoms with E-state index in [0.29, 0.717) is 29.5 Å². The Morgan fingerprint density at radius 1 is 1.45 bits per heavy atom. The highest BCUT2D eigenvalue weighted by Gasteiger charge is 2.32. The fourth-order valence-corrected chi connectivity index (χ4v) is 3.00. The quantitative estimate of drug-likeness (QED) is 0.725. The Hall–Kier alpha value is -2.64. The molecule has 1 fully saturated rings. The average Bonchev–Trinajstić information content (AvgIpc) is 3.04. The number of aromatic nitrogens is 5. The van der Waals surface area contributed by atoms with E-state index in [1.54, 1.807) is 18.7 Å². The molecular weight excluding hydrogens is 286 g/mol. The maximum absolute atomic E-state index is 12.3. The molecule has 4 rings (SSSR count). The number of rotatable bonds is 3. The Morgan fingerprint density at radius 2 is 2.27 bits per heavy atom. The smallest absolute Gasteiger partial charge is 0.302 e. The second-order valence-electron chi connectivity index (χ2n) is 5.69. The molecule has 1 aliphatic carbocycles. The normalized spacial score (nSPS) is 21.1. The molecule has 114 valence electrons. The summed E-state index contributed by atoms with van der Waals surface area (Å²) in [6.07, 6.45) is 6.69. The Kier molecular flexibility index (Phi) is 2.78. The zero-order chi connectivity index (χ0) is 15.3. The van der Waals surface area contributed by atoms with Crippen LogP contribution in [0.5, 0.6) is 0 Å². The van der Waals surface area contributed by atoms with Crippen molar-refractivity contribution in [3.63, 3.8) is 0 Å². The van der Waals surface area contributed by atoms with Crippen LogP contribution in [0, 0.1) is 5.92 Å². The van der Waals surface area contributed by atoms with Gasteiger partial charge in [0.15, 0.2) is 5.52 Å². The number of esters is 1. The summed E-state index contributed by atoms with van der Waals surface area (Å²) >= 11 is 0. The number of aromatic amines is 1. The van der Waals surface area contributed by atoms with Crippen LogP contribution < -0.4 is 5.56 Å². The van der Waals surface area contributed by atoms with Crippen molar-refractivity contribution in [3.05, 3.63) is 29.1 Å². The van der Waals surface area contributed by atoms with Crippen molar-refractivity contribution < 1.29 is 9.53 Å². The molecule has 0 saturated heterocycles. The predicted molar refractivity (Wildman–Crippen MR) is 77.5 cm³/mol. The number of imidazole rings is 2. The maximum Gasteiger partial charge on any atom is 0.302 e. The van der Waals surface area contributed by atoms with Gasteiger partial charge in [0.25, 0.3) is 5.56 Å². The maximum atomic E-state index is 12.3. The lowest BCUT2D eigenvalue weighted by atomic mass is 9.80. The summed E-state index contributed by atoms with van der Waals surface area (Å²) in [7, 11) is 0. The number of carbonyl (C=O) groups excluding carboxylic acids is 1. The molecule has 3 aromatic heterocycles. The predicted octanol–water partition coefficient (Wildman–Crippen LogP) is 0.886. The Morgan fingerprint density at radius 3 is 3.05 bits per heavy atom. The third kappa shape index (κ3) is 1.91. The molecule has 0 amide bonds. The molecule has 0 unspecified atom stereocenters. The zero-order valence-electron chi connectivity index (χ0n) is 12.0. The van der Waals surface area contributed by atoms with Gasteiger partial charge in [-0.2, -0.15) is 0 Å². The minimum Gasteiger partial charge on any atom is -0.466 e. The van der Waals surface area contributed by atoms with Gasteiger partial charge >= 0.3 is 5.97 Å². The molecule has 0 aliphatic heterocycles.